The Balaban J connectivity index is 1.58. The van der Waals surface area contributed by atoms with Gasteiger partial charge in [0, 0.05) is 17.9 Å². The molecule has 1 unspecified atom stereocenters. The number of amides is 2. The molecule has 31 heavy (non-hydrogen) atoms. The van der Waals surface area contributed by atoms with Gasteiger partial charge in [-0.05, 0) is 30.7 Å². The quantitative estimate of drug-likeness (QED) is 0.417. The zero-order valence-electron chi connectivity index (χ0n) is 16.6. The van der Waals surface area contributed by atoms with Crippen LogP contribution in [0.15, 0.2) is 58.5 Å². The summed E-state index contributed by atoms with van der Waals surface area (Å²) in [6.07, 6.45) is -0.156. The molecule has 158 valence electrons. The zero-order chi connectivity index (χ0) is 22.0. The molecule has 0 radical (unpaired) electrons. The van der Waals surface area contributed by atoms with Gasteiger partial charge in [-0.2, -0.15) is 0 Å². The lowest BCUT2D eigenvalue weighted by atomic mass is 9.92. The average molecular weight is 438 g/mol. The molecule has 7 nitrogen and oxygen atoms in total. The smallest absolute Gasteiger partial charge is 0.257 e. The fourth-order valence-electron chi connectivity index (χ4n) is 3.27. The number of benzene rings is 2. The number of H-pyrrole nitrogens is 1. The number of hydrogen-bond acceptors (Lipinski definition) is 5. The summed E-state index contributed by atoms with van der Waals surface area (Å²) < 4.78 is 13.8. The second-order valence-electron chi connectivity index (χ2n) is 7.17. The van der Waals surface area contributed by atoms with Gasteiger partial charge in [0.05, 0.1) is 11.5 Å². The Kier molecular flexibility index (Phi) is 5.85. The van der Waals surface area contributed by atoms with Crippen molar-refractivity contribution in [1.29, 1.82) is 0 Å². The second-order valence-corrected chi connectivity index (χ2v) is 8.14. The van der Waals surface area contributed by atoms with Crippen LogP contribution >= 0.6 is 11.8 Å². The third kappa shape index (κ3) is 4.66. The predicted molar refractivity (Wildman–Crippen MR) is 117 cm³/mol. The van der Waals surface area contributed by atoms with E-state index in [0.717, 1.165) is 17.3 Å². The first-order chi connectivity index (χ1) is 14.9. The van der Waals surface area contributed by atoms with Crippen molar-refractivity contribution >= 4 is 35.1 Å². The lowest BCUT2D eigenvalue weighted by Gasteiger charge is -2.23. The van der Waals surface area contributed by atoms with Crippen LogP contribution in [0.2, 0.25) is 0 Å². The molecule has 0 aliphatic carbocycles. The number of aromatic nitrogens is 2. The van der Waals surface area contributed by atoms with Gasteiger partial charge < -0.3 is 15.6 Å². The minimum Gasteiger partial charge on any atom is -0.326 e. The van der Waals surface area contributed by atoms with Crippen molar-refractivity contribution in [3.05, 3.63) is 81.4 Å². The molecule has 2 heterocycles. The van der Waals surface area contributed by atoms with Crippen molar-refractivity contribution in [3.8, 4) is 0 Å². The maximum absolute atomic E-state index is 13.8. The number of carbonyl (C=O) groups excluding carboxylic acids is 2. The highest BCUT2D eigenvalue weighted by Crippen LogP contribution is 2.31. The molecule has 0 spiro atoms. The van der Waals surface area contributed by atoms with Gasteiger partial charge in [0.25, 0.3) is 5.56 Å². The Morgan fingerprint density at radius 3 is 2.68 bits per heavy atom. The Labute approximate surface area is 181 Å². The van der Waals surface area contributed by atoms with Crippen LogP contribution in [0.1, 0.15) is 29.0 Å². The van der Waals surface area contributed by atoms with Crippen molar-refractivity contribution in [1.82, 2.24) is 9.97 Å². The van der Waals surface area contributed by atoms with Gasteiger partial charge in [0.1, 0.15) is 11.6 Å². The van der Waals surface area contributed by atoms with Gasteiger partial charge in [0.2, 0.25) is 11.8 Å². The lowest BCUT2D eigenvalue weighted by molar-refractivity contribution is -0.123. The minimum atomic E-state index is -0.966. The number of nitrogens with one attached hydrogen (secondary N) is 3. The molecule has 9 heteroatoms. The van der Waals surface area contributed by atoms with Crippen molar-refractivity contribution in [2.75, 3.05) is 10.6 Å². The Morgan fingerprint density at radius 2 is 1.94 bits per heavy atom. The molecule has 4 rings (SSSR count). The van der Waals surface area contributed by atoms with E-state index >= 15 is 0 Å². The maximum atomic E-state index is 13.8. The van der Waals surface area contributed by atoms with Crippen molar-refractivity contribution in [2.45, 2.75) is 30.2 Å². The number of hydrogen-bond donors (Lipinski definition) is 3. The normalized spacial score (nSPS) is 15.2. The molecular weight excluding hydrogens is 419 g/mol. The van der Waals surface area contributed by atoms with E-state index in [-0.39, 0.29) is 34.5 Å². The van der Waals surface area contributed by atoms with E-state index in [0.29, 0.717) is 11.3 Å². The Bertz CT molecular complexity index is 1210. The molecular formula is C22H19FN4O3S. The molecule has 0 saturated carbocycles. The van der Waals surface area contributed by atoms with Crippen LogP contribution in [0.3, 0.4) is 0 Å². The fraction of sp³-hybridized carbons (Fsp3) is 0.182. The Morgan fingerprint density at radius 1 is 1.19 bits per heavy atom. The highest BCUT2D eigenvalue weighted by atomic mass is 32.2. The third-order valence-corrected chi connectivity index (χ3v) is 5.81. The highest BCUT2D eigenvalue weighted by molar-refractivity contribution is 7.98. The summed E-state index contributed by atoms with van der Waals surface area (Å²) in [7, 11) is 0. The summed E-state index contributed by atoms with van der Waals surface area (Å²) >= 11 is 1.13. The fourth-order valence-corrected chi connectivity index (χ4v) is 4.12. The van der Waals surface area contributed by atoms with Crippen LogP contribution in [-0.2, 0) is 15.3 Å². The third-order valence-electron chi connectivity index (χ3n) is 4.89. The van der Waals surface area contributed by atoms with E-state index in [1.165, 1.54) is 6.07 Å². The number of fused-ring (bicyclic) bond motifs is 1. The van der Waals surface area contributed by atoms with Gasteiger partial charge in [-0.25, -0.2) is 9.37 Å². The van der Waals surface area contributed by atoms with E-state index in [2.05, 4.69) is 20.6 Å². The predicted octanol–water partition coefficient (Wildman–Crippen LogP) is 3.57. The Hall–Kier alpha value is -3.46. The zero-order valence-corrected chi connectivity index (χ0v) is 17.4. The van der Waals surface area contributed by atoms with Crippen molar-refractivity contribution in [2.24, 2.45) is 0 Å². The van der Waals surface area contributed by atoms with Gasteiger partial charge in [-0.3, -0.25) is 14.4 Å². The number of aryl methyl sites for hydroxylation is 1. The summed E-state index contributed by atoms with van der Waals surface area (Å²) in [5.41, 5.74) is 1.68. The SMILES string of the molecule is Cc1ccc(NC(=O)C2CC(=O)Nc3nc(SCc4ccccc4F)[nH]c(=O)c32)cc1. The van der Waals surface area contributed by atoms with Crippen molar-refractivity contribution < 1.29 is 14.0 Å². The molecule has 2 aromatic carbocycles. The number of thioether (sulfide) groups is 1. The first-order valence-corrected chi connectivity index (χ1v) is 10.6. The summed E-state index contributed by atoms with van der Waals surface area (Å²) in [4.78, 5) is 44.7. The number of halogens is 1. The lowest BCUT2D eigenvalue weighted by Crippen LogP contribution is -2.36. The number of aromatic amines is 1. The van der Waals surface area contributed by atoms with E-state index in [1.807, 2.05) is 19.1 Å². The molecule has 1 aromatic heterocycles. The molecule has 1 atom stereocenters. The summed E-state index contributed by atoms with van der Waals surface area (Å²) in [6.45, 7) is 1.93. The van der Waals surface area contributed by atoms with E-state index in [1.54, 1.807) is 30.3 Å². The van der Waals surface area contributed by atoms with Crippen LogP contribution in [0, 0.1) is 12.7 Å². The van der Waals surface area contributed by atoms with E-state index < -0.39 is 23.3 Å². The first kappa shape index (κ1) is 20.8. The molecule has 2 amide bonds. The number of nitrogens with zero attached hydrogens (tertiary/aromatic N) is 1. The standard InChI is InChI=1S/C22H19FN4O3S/c1-12-6-8-14(9-7-12)24-20(29)15-10-17(28)25-19-18(15)21(30)27-22(26-19)31-11-13-4-2-3-5-16(13)23/h2-9,15H,10-11H2,1H3,(H,24,29)(H2,25,26,27,28,30). The van der Waals surface area contributed by atoms with E-state index in [9.17, 15) is 18.8 Å². The monoisotopic (exact) mass is 438 g/mol. The molecule has 0 fully saturated rings. The topological polar surface area (TPSA) is 104 Å². The van der Waals surface area contributed by atoms with Crippen molar-refractivity contribution in [3.63, 3.8) is 0 Å². The maximum Gasteiger partial charge on any atom is 0.257 e. The number of carbonyl (C=O) groups is 2. The molecule has 1 aliphatic rings. The second kappa shape index (κ2) is 8.73. The van der Waals surface area contributed by atoms with Gasteiger partial charge >= 0.3 is 0 Å². The van der Waals surface area contributed by atoms with Crippen LogP contribution in [-0.4, -0.2) is 21.8 Å². The van der Waals surface area contributed by atoms with Crippen LogP contribution < -0.4 is 16.2 Å². The summed E-state index contributed by atoms with van der Waals surface area (Å²) in [5.74, 6) is -1.87. The van der Waals surface area contributed by atoms with Crippen LogP contribution in [0.5, 0.6) is 0 Å². The first-order valence-electron chi connectivity index (χ1n) is 9.58. The molecule has 3 aromatic rings. The van der Waals surface area contributed by atoms with E-state index in [4.69, 9.17) is 0 Å². The average Bonchev–Trinajstić information content (AvgIpc) is 2.74. The molecule has 0 bridgehead atoms. The van der Waals surface area contributed by atoms with Crippen LogP contribution in [0.4, 0.5) is 15.9 Å². The molecule has 0 saturated heterocycles. The minimum absolute atomic E-state index is 0.0556. The van der Waals surface area contributed by atoms with Gasteiger partial charge in [0.15, 0.2) is 5.16 Å². The largest absolute Gasteiger partial charge is 0.326 e. The molecule has 3 N–H and O–H groups in total. The van der Waals surface area contributed by atoms with Gasteiger partial charge in [-0.1, -0.05) is 47.7 Å². The van der Waals surface area contributed by atoms with Gasteiger partial charge in [-0.15, -0.1) is 0 Å². The van der Waals surface area contributed by atoms with Crippen LogP contribution in [0.25, 0.3) is 0 Å². The molecule has 1 aliphatic heterocycles. The number of anilines is 2. The highest BCUT2D eigenvalue weighted by Gasteiger charge is 2.34. The number of rotatable bonds is 5. The summed E-state index contributed by atoms with van der Waals surface area (Å²) in [6, 6.07) is 13.5. The summed E-state index contributed by atoms with van der Waals surface area (Å²) in [5, 5.41) is 5.55.